The molecule has 0 bridgehead atoms. The molecule has 7 heteroatoms. The van der Waals surface area contributed by atoms with Gasteiger partial charge in [0.2, 0.25) is 0 Å². The van der Waals surface area contributed by atoms with Gasteiger partial charge in [-0.2, -0.15) is 0 Å². The van der Waals surface area contributed by atoms with Gasteiger partial charge in [-0.05, 0) is 37.1 Å². The van der Waals surface area contributed by atoms with E-state index in [1.807, 2.05) is 48.7 Å². The van der Waals surface area contributed by atoms with Crippen molar-refractivity contribution >= 4 is 22.5 Å². The van der Waals surface area contributed by atoms with Crippen molar-refractivity contribution in [3.05, 3.63) is 94.6 Å². The van der Waals surface area contributed by atoms with E-state index in [1.54, 1.807) is 22.8 Å². The van der Waals surface area contributed by atoms with Crippen LogP contribution in [0.5, 0.6) is 0 Å². The van der Waals surface area contributed by atoms with E-state index in [0.717, 1.165) is 17.0 Å². The molecule has 1 aliphatic rings. The lowest BCUT2D eigenvalue weighted by Crippen LogP contribution is -2.22. The number of benzene rings is 2. The lowest BCUT2D eigenvalue weighted by Gasteiger charge is -2.16. The molecule has 0 radical (unpaired) electrons. The average Bonchev–Trinajstić information content (AvgIpc) is 3.57. The summed E-state index contributed by atoms with van der Waals surface area (Å²) in [6, 6.07) is 19.4. The van der Waals surface area contributed by atoms with Crippen LogP contribution in [0.3, 0.4) is 0 Å². The molecular formula is C27H22ClN5O. The van der Waals surface area contributed by atoms with Gasteiger partial charge in [-0.1, -0.05) is 60.8 Å². The van der Waals surface area contributed by atoms with Gasteiger partial charge in [-0.15, -0.1) is 0 Å². The van der Waals surface area contributed by atoms with Crippen molar-refractivity contribution in [1.82, 2.24) is 24.1 Å². The van der Waals surface area contributed by atoms with Crippen molar-refractivity contribution in [2.45, 2.75) is 31.7 Å². The highest BCUT2D eigenvalue weighted by Gasteiger charge is 2.20. The molecule has 34 heavy (non-hydrogen) atoms. The SMILES string of the molecule is O=c1c2ccccc2nc(-c2ccc(-c3nccn3C3CCCC3)cc2)n1-c1ccc(Cl)cn1. The summed E-state index contributed by atoms with van der Waals surface area (Å²) in [7, 11) is 0. The summed E-state index contributed by atoms with van der Waals surface area (Å²) in [5, 5.41) is 1.05. The molecular weight excluding hydrogens is 446 g/mol. The van der Waals surface area contributed by atoms with E-state index in [1.165, 1.54) is 31.9 Å². The summed E-state index contributed by atoms with van der Waals surface area (Å²) in [4.78, 5) is 27.4. The van der Waals surface area contributed by atoms with Crippen molar-refractivity contribution in [2.24, 2.45) is 0 Å². The molecule has 0 spiro atoms. The van der Waals surface area contributed by atoms with Crippen LogP contribution in [0.25, 0.3) is 39.5 Å². The molecule has 0 saturated heterocycles. The van der Waals surface area contributed by atoms with Crippen molar-refractivity contribution < 1.29 is 0 Å². The molecule has 3 aromatic heterocycles. The smallest absolute Gasteiger partial charge is 0.267 e. The largest absolute Gasteiger partial charge is 0.328 e. The van der Waals surface area contributed by atoms with Crippen LogP contribution in [0, 0.1) is 0 Å². The maximum Gasteiger partial charge on any atom is 0.267 e. The second-order valence-corrected chi connectivity index (χ2v) is 9.04. The predicted molar refractivity (Wildman–Crippen MR) is 134 cm³/mol. The Bertz CT molecular complexity index is 1530. The van der Waals surface area contributed by atoms with Gasteiger partial charge >= 0.3 is 0 Å². The molecule has 168 valence electrons. The average molecular weight is 468 g/mol. The molecule has 0 N–H and O–H groups in total. The fraction of sp³-hybridized carbons (Fsp3) is 0.185. The fourth-order valence-corrected chi connectivity index (χ4v) is 4.93. The molecule has 2 aromatic carbocycles. The number of para-hydroxylation sites is 1. The highest BCUT2D eigenvalue weighted by atomic mass is 35.5. The van der Waals surface area contributed by atoms with Crippen LogP contribution in [0.15, 0.2) is 84.0 Å². The van der Waals surface area contributed by atoms with Gasteiger partial charge in [-0.3, -0.25) is 4.79 Å². The minimum absolute atomic E-state index is 0.170. The normalized spacial score (nSPS) is 14.1. The monoisotopic (exact) mass is 467 g/mol. The topological polar surface area (TPSA) is 65.6 Å². The first kappa shape index (κ1) is 20.8. The van der Waals surface area contributed by atoms with Gasteiger partial charge in [0, 0.05) is 35.8 Å². The third kappa shape index (κ3) is 3.60. The molecule has 0 amide bonds. The van der Waals surface area contributed by atoms with E-state index >= 15 is 0 Å². The summed E-state index contributed by atoms with van der Waals surface area (Å²) >= 11 is 6.04. The van der Waals surface area contributed by atoms with Crippen molar-refractivity contribution in [1.29, 1.82) is 0 Å². The minimum atomic E-state index is -0.170. The zero-order valence-electron chi connectivity index (χ0n) is 18.4. The first-order valence-corrected chi connectivity index (χ1v) is 11.8. The van der Waals surface area contributed by atoms with Gasteiger partial charge in [0.05, 0.1) is 15.9 Å². The maximum absolute atomic E-state index is 13.5. The number of halogens is 1. The number of imidazole rings is 1. The quantitative estimate of drug-likeness (QED) is 0.321. The second-order valence-electron chi connectivity index (χ2n) is 8.60. The number of fused-ring (bicyclic) bond motifs is 1. The second kappa shape index (κ2) is 8.54. The standard InChI is InChI=1S/C27H22ClN5O/c28-20-13-14-24(30-17-20)33-26(31-23-8-4-3-7-22(23)27(33)34)19-11-9-18(10-12-19)25-29-15-16-32(25)21-5-1-2-6-21/h3-4,7-17,21H,1-2,5-6H2. The molecule has 6 nitrogen and oxygen atoms in total. The zero-order chi connectivity index (χ0) is 23.1. The van der Waals surface area contributed by atoms with Crippen LogP contribution in [0.1, 0.15) is 31.7 Å². The Balaban J connectivity index is 1.48. The van der Waals surface area contributed by atoms with Crippen molar-refractivity contribution in [2.75, 3.05) is 0 Å². The Morgan fingerprint density at radius 3 is 2.32 bits per heavy atom. The van der Waals surface area contributed by atoms with Crippen LogP contribution in [-0.2, 0) is 0 Å². The molecule has 6 rings (SSSR count). The lowest BCUT2D eigenvalue weighted by atomic mass is 10.1. The van der Waals surface area contributed by atoms with Crippen LogP contribution in [0.2, 0.25) is 5.02 Å². The summed E-state index contributed by atoms with van der Waals surface area (Å²) in [6.45, 7) is 0. The maximum atomic E-state index is 13.5. The molecule has 0 unspecified atom stereocenters. The van der Waals surface area contributed by atoms with E-state index in [2.05, 4.69) is 20.7 Å². The van der Waals surface area contributed by atoms with Gasteiger partial charge in [0.1, 0.15) is 17.5 Å². The summed E-state index contributed by atoms with van der Waals surface area (Å²) in [5.41, 5.74) is 2.34. The fourth-order valence-electron chi connectivity index (χ4n) is 4.82. The molecule has 0 atom stereocenters. The Labute approximate surface area is 201 Å². The van der Waals surface area contributed by atoms with Crippen LogP contribution >= 0.6 is 11.6 Å². The first-order valence-electron chi connectivity index (χ1n) is 11.5. The molecule has 1 fully saturated rings. The highest BCUT2D eigenvalue weighted by molar-refractivity contribution is 6.30. The van der Waals surface area contributed by atoms with E-state index in [4.69, 9.17) is 16.6 Å². The number of hydrogen-bond acceptors (Lipinski definition) is 4. The van der Waals surface area contributed by atoms with E-state index in [0.29, 0.717) is 33.6 Å². The van der Waals surface area contributed by atoms with E-state index < -0.39 is 0 Å². The predicted octanol–water partition coefficient (Wildman–Crippen LogP) is 6.08. The summed E-state index contributed by atoms with van der Waals surface area (Å²) in [6.07, 6.45) is 10.4. The van der Waals surface area contributed by atoms with Gasteiger partial charge in [0.25, 0.3) is 5.56 Å². The van der Waals surface area contributed by atoms with Crippen LogP contribution in [0.4, 0.5) is 0 Å². The number of hydrogen-bond donors (Lipinski definition) is 0. The molecule has 0 aliphatic heterocycles. The first-order chi connectivity index (χ1) is 16.7. The number of aromatic nitrogens is 5. The minimum Gasteiger partial charge on any atom is -0.328 e. The zero-order valence-corrected chi connectivity index (χ0v) is 19.2. The van der Waals surface area contributed by atoms with Crippen molar-refractivity contribution in [3.8, 4) is 28.6 Å². The lowest BCUT2D eigenvalue weighted by molar-refractivity contribution is 0.523. The van der Waals surface area contributed by atoms with Gasteiger partial charge in [0.15, 0.2) is 0 Å². The molecule has 1 aliphatic carbocycles. The Morgan fingerprint density at radius 1 is 0.853 bits per heavy atom. The number of pyridine rings is 1. The molecule has 3 heterocycles. The number of rotatable bonds is 4. The van der Waals surface area contributed by atoms with Crippen molar-refractivity contribution in [3.63, 3.8) is 0 Å². The Hall–Kier alpha value is -3.77. The van der Waals surface area contributed by atoms with Crippen LogP contribution in [-0.4, -0.2) is 24.1 Å². The van der Waals surface area contributed by atoms with Gasteiger partial charge in [-0.25, -0.2) is 19.5 Å². The molecule has 1 saturated carbocycles. The van der Waals surface area contributed by atoms with Gasteiger partial charge < -0.3 is 4.57 Å². The van der Waals surface area contributed by atoms with E-state index in [-0.39, 0.29) is 5.56 Å². The van der Waals surface area contributed by atoms with E-state index in [9.17, 15) is 4.79 Å². The summed E-state index contributed by atoms with van der Waals surface area (Å²) in [5.74, 6) is 1.98. The Morgan fingerprint density at radius 2 is 1.59 bits per heavy atom. The molecule has 5 aromatic rings. The van der Waals surface area contributed by atoms with Crippen LogP contribution < -0.4 is 5.56 Å². The highest BCUT2D eigenvalue weighted by Crippen LogP contribution is 2.33. The Kier molecular flexibility index (Phi) is 5.23. The third-order valence-corrected chi connectivity index (χ3v) is 6.73. The summed E-state index contributed by atoms with van der Waals surface area (Å²) < 4.78 is 3.84. The third-order valence-electron chi connectivity index (χ3n) is 6.50. The number of nitrogens with zero attached hydrogens (tertiary/aromatic N) is 5.